The molecule has 0 heterocycles. The lowest BCUT2D eigenvalue weighted by atomic mass is 9.88. The lowest BCUT2D eigenvalue weighted by Gasteiger charge is -2.22. The summed E-state index contributed by atoms with van der Waals surface area (Å²) >= 11 is 0. The van der Waals surface area contributed by atoms with E-state index in [2.05, 4.69) is 18.1 Å². The molecule has 1 aromatic carbocycles. The molecule has 0 spiro atoms. The van der Waals surface area contributed by atoms with Crippen LogP contribution >= 0.6 is 0 Å². The second-order valence-corrected chi connectivity index (χ2v) is 4.52. The van der Waals surface area contributed by atoms with Gasteiger partial charge >= 0.3 is 0 Å². The minimum Gasteiger partial charge on any atom is -0.494 e. The first-order chi connectivity index (χ1) is 8.31. The van der Waals surface area contributed by atoms with Crippen LogP contribution in [0.3, 0.4) is 0 Å². The summed E-state index contributed by atoms with van der Waals surface area (Å²) in [5.41, 5.74) is 8.74. The smallest absolute Gasteiger partial charge is 0.119 e. The Morgan fingerprint density at radius 2 is 2.35 bits per heavy atom. The van der Waals surface area contributed by atoms with E-state index in [1.807, 2.05) is 6.07 Å². The zero-order chi connectivity index (χ0) is 12.1. The highest BCUT2D eigenvalue weighted by atomic mass is 16.5. The van der Waals surface area contributed by atoms with Gasteiger partial charge in [-0.2, -0.15) is 0 Å². The monoisotopic (exact) mass is 229 g/mol. The van der Waals surface area contributed by atoms with Crippen LogP contribution in [0, 0.1) is 12.3 Å². The van der Waals surface area contributed by atoms with Gasteiger partial charge in [0.05, 0.1) is 6.61 Å². The summed E-state index contributed by atoms with van der Waals surface area (Å²) in [4.78, 5) is 0. The molecule has 90 valence electrons. The van der Waals surface area contributed by atoms with Crippen molar-refractivity contribution in [2.75, 3.05) is 6.61 Å². The molecule has 1 aromatic rings. The lowest BCUT2D eigenvalue weighted by molar-refractivity contribution is 0.312. The number of nitrogens with two attached hydrogens (primary N) is 1. The molecule has 1 aliphatic rings. The maximum Gasteiger partial charge on any atom is 0.119 e. The maximum atomic E-state index is 6.11. The average molecular weight is 229 g/mol. The molecule has 0 fully saturated rings. The van der Waals surface area contributed by atoms with Crippen molar-refractivity contribution in [2.24, 2.45) is 5.73 Å². The number of aryl methyl sites for hydroxylation is 1. The molecule has 17 heavy (non-hydrogen) atoms. The fourth-order valence-electron chi connectivity index (χ4n) is 2.27. The van der Waals surface area contributed by atoms with Crippen LogP contribution in [0.25, 0.3) is 0 Å². The van der Waals surface area contributed by atoms with Crippen LogP contribution < -0.4 is 10.5 Å². The van der Waals surface area contributed by atoms with Crippen molar-refractivity contribution < 1.29 is 4.74 Å². The molecule has 0 unspecified atom stereocenters. The van der Waals surface area contributed by atoms with E-state index in [0.29, 0.717) is 6.61 Å². The Balaban J connectivity index is 2.00. The lowest BCUT2D eigenvalue weighted by Crippen LogP contribution is -2.17. The number of benzene rings is 1. The fraction of sp³-hybridized carbons (Fsp3) is 0.467. The molecule has 0 amide bonds. The van der Waals surface area contributed by atoms with Gasteiger partial charge in [-0.1, -0.05) is 6.07 Å². The van der Waals surface area contributed by atoms with E-state index in [0.717, 1.165) is 31.4 Å². The van der Waals surface area contributed by atoms with Crippen LogP contribution in [0.2, 0.25) is 0 Å². The zero-order valence-corrected chi connectivity index (χ0v) is 10.1. The third-order valence-corrected chi connectivity index (χ3v) is 3.21. The predicted octanol–water partition coefficient (Wildman–Crippen LogP) is 2.81. The molecule has 0 aliphatic heterocycles. The number of fused-ring (bicyclic) bond motifs is 1. The van der Waals surface area contributed by atoms with Gasteiger partial charge in [0, 0.05) is 12.5 Å². The van der Waals surface area contributed by atoms with Crippen LogP contribution in [0.4, 0.5) is 0 Å². The van der Waals surface area contributed by atoms with Crippen molar-refractivity contribution in [3.05, 3.63) is 29.3 Å². The highest BCUT2D eigenvalue weighted by Gasteiger charge is 2.16. The summed E-state index contributed by atoms with van der Waals surface area (Å²) in [7, 11) is 0. The first-order valence-corrected chi connectivity index (χ1v) is 6.26. The van der Waals surface area contributed by atoms with Gasteiger partial charge in [-0.25, -0.2) is 0 Å². The number of unbranched alkanes of at least 4 members (excludes halogenated alkanes) is 1. The quantitative estimate of drug-likeness (QED) is 0.636. The van der Waals surface area contributed by atoms with E-state index in [-0.39, 0.29) is 6.04 Å². The molecule has 2 nitrogen and oxygen atoms in total. The Bertz CT molecular complexity index is 419. The Hall–Kier alpha value is -1.46. The minimum absolute atomic E-state index is 0.174. The van der Waals surface area contributed by atoms with Crippen LogP contribution in [0.5, 0.6) is 5.75 Å². The molecule has 0 radical (unpaired) electrons. The third kappa shape index (κ3) is 3.01. The summed E-state index contributed by atoms with van der Waals surface area (Å²) < 4.78 is 5.67. The molecular formula is C15H19NO. The average Bonchev–Trinajstić information content (AvgIpc) is 2.36. The van der Waals surface area contributed by atoms with E-state index in [9.17, 15) is 0 Å². The number of ether oxygens (including phenoxy) is 1. The molecular weight excluding hydrogens is 210 g/mol. The van der Waals surface area contributed by atoms with Crippen molar-refractivity contribution in [3.63, 3.8) is 0 Å². The van der Waals surface area contributed by atoms with E-state index in [1.54, 1.807) is 0 Å². The number of hydrogen-bond acceptors (Lipinski definition) is 2. The highest BCUT2D eigenvalue weighted by molar-refractivity contribution is 5.39. The van der Waals surface area contributed by atoms with Crippen LogP contribution in [-0.4, -0.2) is 6.61 Å². The Kier molecular flexibility index (Phi) is 4.06. The predicted molar refractivity (Wildman–Crippen MR) is 69.9 cm³/mol. The molecule has 2 rings (SSSR count). The summed E-state index contributed by atoms with van der Waals surface area (Å²) in [6.45, 7) is 0.679. The minimum atomic E-state index is 0.174. The van der Waals surface area contributed by atoms with E-state index in [1.165, 1.54) is 17.5 Å². The number of rotatable bonds is 4. The molecule has 1 atom stereocenters. The maximum absolute atomic E-state index is 6.11. The molecule has 2 N–H and O–H groups in total. The van der Waals surface area contributed by atoms with E-state index >= 15 is 0 Å². The fourth-order valence-corrected chi connectivity index (χ4v) is 2.27. The second kappa shape index (κ2) is 5.75. The van der Waals surface area contributed by atoms with Crippen molar-refractivity contribution in [1.29, 1.82) is 0 Å². The van der Waals surface area contributed by atoms with Gasteiger partial charge in [-0.3, -0.25) is 0 Å². The van der Waals surface area contributed by atoms with Crippen LogP contribution in [0.15, 0.2) is 18.2 Å². The van der Waals surface area contributed by atoms with Crippen LogP contribution in [0.1, 0.15) is 42.9 Å². The highest BCUT2D eigenvalue weighted by Crippen LogP contribution is 2.30. The van der Waals surface area contributed by atoms with Crippen LogP contribution in [-0.2, 0) is 6.42 Å². The van der Waals surface area contributed by atoms with Gasteiger partial charge in [0.1, 0.15) is 5.75 Å². The number of terminal acetylenes is 1. The standard InChI is InChI=1S/C15H19NO/c1-2-3-4-10-17-13-9-8-12-6-5-7-15(16)14(12)11-13/h1,8-9,11,15H,3-7,10,16H2/t15-/m1/s1. The first-order valence-electron chi connectivity index (χ1n) is 6.26. The normalized spacial score (nSPS) is 18.2. The van der Waals surface area contributed by atoms with Crippen molar-refractivity contribution >= 4 is 0 Å². The second-order valence-electron chi connectivity index (χ2n) is 4.52. The van der Waals surface area contributed by atoms with E-state index < -0.39 is 0 Å². The van der Waals surface area contributed by atoms with E-state index in [4.69, 9.17) is 16.9 Å². The van der Waals surface area contributed by atoms with Gasteiger partial charge in [-0.15, -0.1) is 12.3 Å². The van der Waals surface area contributed by atoms with Gasteiger partial charge in [-0.05, 0) is 48.9 Å². The Labute approximate surface area is 103 Å². The first kappa shape index (κ1) is 12.0. The topological polar surface area (TPSA) is 35.2 Å². The molecule has 1 aliphatic carbocycles. The number of hydrogen-bond donors (Lipinski definition) is 1. The summed E-state index contributed by atoms with van der Waals surface area (Å²) in [5, 5.41) is 0. The largest absolute Gasteiger partial charge is 0.494 e. The van der Waals surface area contributed by atoms with Gasteiger partial charge in [0.25, 0.3) is 0 Å². The Morgan fingerprint density at radius 3 is 3.18 bits per heavy atom. The Morgan fingerprint density at radius 1 is 1.47 bits per heavy atom. The molecule has 0 aromatic heterocycles. The third-order valence-electron chi connectivity index (χ3n) is 3.21. The van der Waals surface area contributed by atoms with Crippen molar-refractivity contribution in [2.45, 2.75) is 38.1 Å². The van der Waals surface area contributed by atoms with Crippen molar-refractivity contribution in [3.8, 4) is 18.1 Å². The van der Waals surface area contributed by atoms with Gasteiger partial charge in [0.15, 0.2) is 0 Å². The van der Waals surface area contributed by atoms with Crippen molar-refractivity contribution in [1.82, 2.24) is 0 Å². The zero-order valence-electron chi connectivity index (χ0n) is 10.1. The summed E-state index contributed by atoms with van der Waals surface area (Å²) in [6.07, 6.45) is 10.3. The summed E-state index contributed by atoms with van der Waals surface area (Å²) in [5.74, 6) is 3.53. The SMILES string of the molecule is C#CCCCOc1ccc2c(c1)[C@H](N)CCC2. The molecule has 0 saturated carbocycles. The van der Waals surface area contributed by atoms with Gasteiger partial charge in [0.2, 0.25) is 0 Å². The summed E-state index contributed by atoms with van der Waals surface area (Å²) in [6, 6.07) is 6.44. The molecule has 2 heteroatoms. The van der Waals surface area contributed by atoms with Gasteiger partial charge < -0.3 is 10.5 Å². The molecule has 0 saturated heterocycles. The molecule has 0 bridgehead atoms.